The van der Waals surface area contributed by atoms with Gasteiger partial charge in [0.2, 0.25) is 0 Å². The number of fused-ring (bicyclic) bond motifs is 1. The topological polar surface area (TPSA) is 78.0 Å². The van der Waals surface area contributed by atoms with Crippen LogP contribution in [-0.4, -0.2) is 31.2 Å². The minimum Gasteiger partial charge on any atom is -0.383 e. The fraction of sp³-hybridized carbons (Fsp3) is 0.375. The normalized spacial score (nSPS) is 15.1. The third-order valence-electron chi connectivity index (χ3n) is 4.04. The predicted octanol–water partition coefficient (Wildman–Crippen LogP) is 1.66. The molecule has 1 aromatic heterocycles. The molecule has 0 amide bonds. The van der Waals surface area contributed by atoms with Crippen LogP contribution in [0.2, 0.25) is 0 Å². The zero-order chi connectivity index (χ0) is 14.8. The van der Waals surface area contributed by atoms with Gasteiger partial charge in [0.05, 0.1) is 11.1 Å². The van der Waals surface area contributed by atoms with Crippen LogP contribution in [0.4, 0.5) is 11.5 Å². The second-order valence-corrected chi connectivity index (χ2v) is 5.22. The quantitative estimate of drug-likeness (QED) is 0.875. The molecule has 1 aliphatic heterocycles. The molecule has 0 spiro atoms. The van der Waals surface area contributed by atoms with Crippen molar-refractivity contribution in [2.24, 2.45) is 0 Å². The first-order valence-corrected chi connectivity index (χ1v) is 7.33. The lowest BCUT2D eigenvalue weighted by Gasteiger charge is -2.31. The highest BCUT2D eigenvalue weighted by Crippen LogP contribution is 2.33. The number of benzene rings is 1. The summed E-state index contributed by atoms with van der Waals surface area (Å²) in [5, 5.41) is 13.8. The average molecular weight is 281 g/mol. The molecule has 0 unspecified atom stereocenters. The minimum atomic E-state index is 0.333. The summed E-state index contributed by atoms with van der Waals surface area (Å²) in [5.41, 5.74) is 9.51. The number of anilines is 2. The number of aromatic nitrogens is 1. The third kappa shape index (κ3) is 2.28. The maximum atomic E-state index is 9.40. The second kappa shape index (κ2) is 5.58. The molecular weight excluding hydrogens is 262 g/mol. The largest absolute Gasteiger partial charge is 0.383 e. The Kier molecular flexibility index (Phi) is 3.63. The van der Waals surface area contributed by atoms with E-state index in [-0.39, 0.29) is 0 Å². The second-order valence-electron chi connectivity index (χ2n) is 5.22. The maximum Gasteiger partial charge on any atom is 0.142 e. The minimum absolute atomic E-state index is 0.333. The van der Waals surface area contributed by atoms with Crippen LogP contribution in [0, 0.1) is 11.3 Å². The Morgan fingerprint density at radius 1 is 1.38 bits per heavy atom. The predicted molar refractivity (Wildman–Crippen MR) is 85.3 cm³/mol. The number of piperazine rings is 1. The van der Waals surface area contributed by atoms with E-state index in [4.69, 9.17) is 5.73 Å². The lowest BCUT2D eigenvalue weighted by molar-refractivity contribution is 0.590. The number of aryl methyl sites for hydroxylation is 1. The Hall–Kier alpha value is -2.32. The van der Waals surface area contributed by atoms with Gasteiger partial charge in [0.15, 0.2) is 0 Å². The van der Waals surface area contributed by atoms with Gasteiger partial charge in [-0.3, -0.25) is 0 Å². The number of nitrogens with two attached hydrogens (primary N) is 1. The summed E-state index contributed by atoms with van der Waals surface area (Å²) in [7, 11) is 0. The van der Waals surface area contributed by atoms with Crippen LogP contribution in [-0.2, 0) is 6.42 Å². The van der Waals surface area contributed by atoms with Gasteiger partial charge in [-0.15, -0.1) is 0 Å². The van der Waals surface area contributed by atoms with Crippen LogP contribution < -0.4 is 16.0 Å². The van der Waals surface area contributed by atoms with Crippen LogP contribution in [0.1, 0.15) is 18.1 Å². The van der Waals surface area contributed by atoms with Gasteiger partial charge in [-0.2, -0.15) is 5.26 Å². The fourth-order valence-electron chi connectivity index (χ4n) is 3.04. The number of hydrogen-bond donors (Lipinski definition) is 2. The van der Waals surface area contributed by atoms with Crippen molar-refractivity contribution in [2.45, 2.75) is 13.3 Å². The molecule has 1 fully saturated rings. The summed E-state index contributed by atoms with van der Waals surface area (Å²) in [4.78, 5) is 6.78. The average Bonchev–Trinajstić information content (AvgIpc) is 2.53. The van der Waals surface area contributed by atoms with Crippen molar-refractivity contribution in [3.8, 4) is 6.07 Å². The van der Waals surface area contributed by atoms with E-state index in [2.05, 4.69) is 34.3 Å². The van der Waals surface area contributed by atoms with Gasteiger partial charge in [0, 0.05) is 37.3 Å². The van der Waals surface area contributed by atoms with Crippen molar-refractivity contribution in [2.75, 3.05) is 36.8 Å². The Morgan fingerprint density at radius 2 is 2.14 bits per heavy atom. The van der Waals surface area contributed by atoms with Gasteiger partial charge in [-0.1, -0.05) is 13.0 Å². The van der Waals surface area contributed by atoms with Gasteiger partial charge in [0.25, 0.3) is 0 Å². The van der Waals surface area contributed by atoms with Crippen molar-refractivity contribution in [3.63, 3.8) is 0 Å². The van der Waals surface area contributed by atoms with E-state index < -0.39 is 0 Å². The first kappa shape index (κ1) is 13.7. The van der Waals surface area contributed by atoms with Crippen molar-refractivity contribution >= 4 is 22.4 Å². The first-order valence-electron chi connectivity index (χ1n) is 7.33. The van der Waals surface area contributed by atoms with Crippen molar-refractivity contribution in [1.29, 1.82) is 5.26 Å². The summed E-state index contributed by atoms with van der Waals surface area (Å²) in [6.07, 6.45) is 0.773. The number of hydrogen-bond acceptors (Lipinski definition) is 5. The summed E-state index contributed by atoms with van der Waals surface area (Å²) in [6.45, 7) is 5.95. The Bertz CT molecular complexity index is 711. The number of nitriles is 1. The zero-order valence-corrected chi connectivity index (χ0v) is 12.2. The van der Waals surface area contributed by atoms with E-state index in [1.165, 1.54) is 0 Å². The molecule has 3 rings (SSSR count). The maximum absolute atomic E-state index is 9.40. The Labute approximate surface area is 124 Å². The molecule has 3 N–H and O–H groups in total. The molecule has 2 aromatic rings. The molecule has 5 nitrogen and oxygen atoms in total. The van der Waals surface area contributed by atoms with Crippen LogP contribution in [0.25, 0.3) is 10.9 Å². The lowest BCUT2D eigenvalue weighted by atomic mass is 9.99. The van der Waals surface area contributed by atoms with Gasteiger partial charge in [-0.05, 0) is 24.1 Å². The lowest BCUT2D eigenvalue weighted by Crippen LogP contribution is -2.43. The van der Waals surface area contributed by atoms with Gasteiger partial charge >= 0.3 is 0 Å². The van der Waals surface area contributed by atoms with E-state index >= 15 is 0 Å². The number of pyridine rings is 1. The molecule has 2 heterocycles. The van der Waals surface area contributed by atoms with Crippen LogP contribution >= 0.6 is 0 Å². The molecule has 0 aliphatic carbocycles. The van der Waals surface area contributed by atoms with E-state index in [1.807, 2.05) is 12.1 Å². The molecular formula is C16H19N5. The summed E-state index contributed by atoms with van der Waals surface area (Å²) in [5.74, 6) is 0.333. The Balaban J connectivity index is 2.28. The van der Waals surface area contributed by atoms with Crippen molar-refractivity contribution < 1.29 is 0 Å². The molecule has 0 saturated carbocycles. The molecule has 1 saturated heterocycles. The summed E-state index contributed by atoms with van der Waals surface area (Å²) in [6, 6.07) is 8.32. The van der Waals surface area contributed by atoms with Crippen LogP contribution in [0.15, 0.2) is 18.2 Å². The number of nitrogens with zero attached hydrogens (tertiary/aromatic N) is 3. The summed E-state index contributed by atoms with van der Waals surface area (Å²) < 4.78 is 0. The number of rotatable bonds is 2. The van der Waals surface area contributed by atoms with Gasteiger partial charge in [-0.25, -0.2) is 4.98 Å². The van der Waals surface area contributed by atoms with E-state index in [0.29, 0.717) is 11.4 Å². The van der Waals surface area contributed by atoms with Crippen LogP contribution in [0.3, 0.4) is 0 Å². The smallest absolute Gasteiger partial charge is 0.142 e. The van der Waals surface area contributed by atoms with E-state index in [9.17, 15) is 5.26 Å². The highest BCUT2D eigenvalue weighted by molar-refractivity contribution is 5.97. The molecule has 0 atom stereocenters. The molecule has 0 bridgehead atoms. The zero-order valence-electron chi connectivity index (χ0n) is 12.2. The van der Waals surface area contributed by atoms with E-state index in [1.54, 1.807) is 0 Å². The third-order valence-corrected chi connectivity index (χ3v) is 4.04. The highest BCUT2D eigenvalue weighted by Gasteiger charge is 2.19. The fourth-order valence-corrected chi connectivity index (χ4v) is 3.04. The van der Waals surface area contributed by atoms with Crippen LogP contribution in [0.5, 0.6) is 0 Å². The molecule has 108 valence electrons. The molecule has 1 aromatic carbocycles. The van der Waals surface area contributed by atoms with Gasteiger partial charge in [0.1, 0.15) is 11.9 Å². The molecule has 5 heteroatoms. The number of nitrogens with one attached hydrogen (secondary N) is 1. The monoisotopic (exact) mass is 281 g/mol. The van der Waals surface area contributed by atoms with Crippen molar-refractivity contribution in [3.05, 3.63) is 29.3 Å². The molecule has 21 heavy (non-hydrogen) atoms. The van der Waals surface area contributed by atoms with Crippen molar-refractivity contribution in [1.82, 2.24) is 10.3 Å². The van der Waals surface area contributed by atoms with Gasteiger partial charge < -0.3 is 16.0 Å². The number of nitrogen functional groups attached to an aromatic ring is 1. The molecule has 1 aliphatic rings. The summed E-state index contributed by atoms with van der Waals surface area (Å²) >= 11 is 0. The molecule has 0 radical (unpaired) electrons. The highest BCUT2D eigenvalue weighted by atomic mass is 15.2. The Morgan fingerprint density at radius 3 is 2.81 bits per heavy atom. The SMILES string of the molecule is CCc1c(C#N)c(N)nc2cccc(N3CCNCC3)c12. The standard InChI is InChI=1S/C16H19N5/c1-2-11-12(10-17)16(18)20-13-4-3-5-14(15(11)13)21-8-6-19-7-9-21/h3-5,19H,2,6-9H2,1H3,(H2,18,20). The first-order chi connectivity index (χ1) is 10.3. The van der Waals surface area contributed by atoms with E-state index in [0.717, 1.165) is 54.8 Å².